The Morgan fingerprint density at radius 1 is 0.938 bits per heavy atom. The monoisotopic (exact) mass is 470 g/mol. The van der Waals surface area contributed by atoms with Crippen LogP contribution in [0.1, 0.15) is 33.5 Å². The highest BCUT2D eigenvalue weighted by Gasteiger charge is 2.21. The Kier molecular flexibility index (Phi) is 7.72. The topological polar surface area (TPSA) is 66.5 Å². The highest BCUT2D eigenvalue weighted by Crippen LogP contribution is 2.22. The number of halogens is 1. The average molecular weight is 471 g/mol. The Bertz CT molecular complexity index is 1170. The lowest BCUT2D eigenvalue weighted by Gasteiger charge is -2.23. The summed E-state index contributed by atoms with van der Waals surface area (Å²) < 4.78 is 28.5. The lowest BCUT2D eigenvalue weighted by Crippen LogP contribution is -2.34. The van der Waals surface area contributed by atoms with Crippen LogP contribution in [0.25, 0.3) is 0 Å². The molecule has 168 valence electrons. The first-order chi connectivity index (χ1) is 15.2. The average Bonchev–Trinajstić information content (AvgIpc) is 2.73. The van der Waals surface area contributed by atoms with E-state index in [-0.39, 0.29) is 12.5 Å². The third-order valence-electron chi connectivity index (χ3n) is 5.13. The molecule has 32 heavy (non-hydrogen) atoms. The van der Waals surface area contributed by atoms with E-state index in [1.165, 1.54) is 0 Å². The van der Waals surface area contributed by atoms with Crippen molar-refractivity contribution >= 4 is 33.2 Å². The second-order valence-corrected chi connectivity index (χ2v) is 9.92. The molecule has 7 heteroatoms. The number of anilines is 1. The second-order valence-electron chi connectivity index (χ2n) is 7.78. The molecule has 0 bridgehead atoms. The molecule has 5 nitrogen and oxygen atoms in total. The van der Waals surface area contributed by atoms with Crippen LogP contribution in [0, 0.1) is 20.8 Å². The van der Waals surface area contributed by atoms with Gasteiger partial charge in [-0.25, -0.2) is 13.1 Å². The molecule has 0 saturated carbocycles. The number of rotatable bonds is 8. The van der Waals surface area contributed by atoms with Crippen LogP contribution < -0.4 is 9.62 Å². The molecule has 0 radical (unpaired) electrons. The molecule has 0 fully saturated rings. The van der Waals surface area contributed by atoms with Crippen LogP contribution in [0.15, 0.2) is 71.6 Å². The third-order valence-corrected chi connectivity index (χ3v) is 7.15. The first-order valence-corrected chi connectivity index (χ1v) is 12.2. The number of nitrogens with zero attached hydrogens (tertiary/aromatic N) is 1. The number of para-hydroxylation sites is 1. The van der Waals surface area contributed by atoms with Crippen LogP contribution in [-0.4, -0.2) is 27.4 Å². The van der Waals surface area contributed by atoms with Gasteiger partial charge in [-0.3, -0.25) is 4.79 Å². The fourth-order valence-corrected chi connectivity index (χ4v) is 5.46. The van der Waals surface area contributed by atoms with Crippen molar-refractivity contribution < 1.29 is 13.2 Å². The standard InChI is InChI=1S/C25H27ClN2O3S/c1-18-16-19(2)24(20(3)17-18)32(30,31)27-14-7-15-28(23-8-5-4-6-9-23)25(29)21-10-12-22(26)13-11-21/h4-6,8-13,16-17,27H,7,14-15H2,1-3H3. The normalized spacial score (nSPS) is 11.4. The van der Waals surface area contributed by atoms with Crippen LogP contribution in [0.2, 0.25) is 5.02 Å². The molecule has 1 N–H and O–H groups in total. The summed E-state index contributed by atoms with van der Waals surface area (Å²) >= 11 is 5.95. The van der Waals surface area contributed by atoms with Gasteiger partial charge in [-0.2, -0.15) is 0 Å². The van der Waals surface area contributed by atoms with Gasteiger partial charge in [-0.15, -0.1) is 0 Å². The zero-order chi connectivity index (χ0) is 23.3. The van der Waals surface area contributed by atoms with Gasteiger partial charge in [-0.1, -0.05) is 47.5 Å². The summed E-state index contributed by atoms with van der Waals surface area (Å²) in [7, 11) is -3.65. The van der Waals surface area contributed by atoms with E-state index < -0.39 is 10.0 Å². The molecule has 1 amide bonds. The number of amides is 1. The molecule has 0 spiro atoms. The Hall–Kier alpha value is -2.67. The number of aryl methyl sites for hydroxylation is 3. The van der Waals surface area contributed by atoms with Gasteiger partial charge in [0.05, 0.1) is 4.90 Å². The van der Waals surface area contributed by atoms with E-state index in [0.717, 1.165) is 22.4 Å². The van der Waals surface area contributed by atoms with E-state index in [9.17, 15) is 13.2 Å². The highest BCUT2D eigenvalue weighted by atomic mass is 35.5. The maximum Gasteiger partial charge on any atom is 0.258 e. The zero-order valence-electron chi connectivity index (χ0n) is 18.4. The SMILES string of the molecule is Cc1cc(C)c(S(=O)(=O)NCCCN(C(=O)c2ccc(Cl)cc2)c2ccccc2)c(C)c1. The van der Waals surface area contributed by atoms with Gasteiger partial charge < -0.3 is 4.90 Å². The summed E-state index contributed by atoms with van der Waals surface area (Å²) in [6.45, 7) is 6.12. The summed E-state index contributed by atoms with van der Waals surface area (Å²) in [5.41, 5.74) is 3.74. The molecule has 0 saturated heterocycles. The van der Waals surface area contributed by atoms with E-state index in [1.807, 2.05) is 49.4 Å². The van der Waals surface area contributed by atoms with E-state index >= 15 is 0 Å². The van der Waals surface area contributed by atoms with Gasteiger partial charge in [0.25, 0.3) is 5.91 Å². The van der Waals surface area contributed by atoms with Crippen molar-refractivity contribution in [2.45, 2.75) is 32.1 Å². The van der Waals surface area contributed by atoms with Gasteiger partial charge in [-0.05, 0) is 74.7 Å². The first kappa shape index (κ1) is 24.0. The maximum atomic E-state index is 13.1. The summed E-state index contributed by atoms with van der Waals surface area (Å²) in [6, 6.07) is 19.8. The molecule has 0 heterocycles. The lowest BCUT2D eigenvalue weighted by atomic mass is 10.1. The van der Waals surface area contributed by atoms with Crippen molar-refractivity contribution in [3.63, 3.8) is 0 Å². The molecule has 3 aromatic rings. The quantitative estimate of drug-likeness (QED) is 0.455. The third kappa shape index (κ3) is 5.76. The zero-order valence-corrected chi connectivity index (χ0v) is 20.0. The molecule has 3 aromatic carbocycles. The number of hydrogen-bond acceptors (Lipinski definition) is 3. The van der Waals surface area contributed by atoms with Gasteiger partial charge in [0.15, 0.2) is 0 Å². The molecular weight excluding hydrogens is 444 g/mol. The largest absolute Gasteiger partial charge is 0.308 e. The van der Waals surface area contributed by atoms with Crippen LogP contribution in [0.3, 0.4) is 0 Å². The number of benzene rings is 3. The van der Waals surface area contributed by atoms with Gasteiger partial charge in [0.2, 0.25) is 10.0 Å². The minimum Gasteiger partial charge on any atom is -0.308 e. The van der Waals surface area contributed by atoms with Crippen molar-refractivity contribution in [2.24, 2.45) is 0 Å². The van der Waals surface area contributed by atoms with Crippen LogP contribution >= 0.6 is 11.6 Å². The van der Waals surface area contributed by atoms with Crippen molar-refractivity contribution in [1.29, 1.82) is 0 Å². The Morgan fingerprint density at radius 2 is 1.53 bits per heavy atom. The Labute approximate surface area is 195 Å². The lowest BCUT2D eigenvalue weighted by molar-refractivity contribution is 0.0986. The van der Waals surface area contributed by atoms with Gasteiger partial charge in [0, 0.05) is 29.4 Å². The molecule has 0 aliphatic carbocycles. The summed E-state index contributed by atoms with van der Waals surface area (Å²) in [6.07, 6.45) is 0.456. The maximum absolute atomic E-state index is 13.1. The van der Waals surface area contributed by atoms with E-state index in [0.29, 0.717) is 28.4 Å². The van der Waals surface area contributed by atoms with Gasteiger partial charge >= 0.3 is 0 Å². The molecule has 0 aliphatic heterocycles. The van der Waals surface area contributed by atoms with Crippen molar-refractivity contribution in [3.8, 4) is 0 Å². The number of carbonyl (C=O) groups is 1. The number of carbonyl (C=O) groups excluding carboxylic acids is 1. The minimum atomic E-state index is -3.65. The first-order valence-electron chi connectivity index (χ1n) is 10.4. The van der Waals surface area contributed by atoms with Crippen molar-refractivity contribution in [3.05, 3.63) is 94.0 Å². The predicted octanol–water partition coefficient (Wildman–Crippen LogP) is 5.28. The summed E-state index contributed by atoms with van der Waals surface area (Å²) in [5.74, 6) is -0.166. The summed E-state index contributed by atoms with van der Waals surface area (Å²) in [4.78, 5) is 15.1. The minimum absolute atomic E-state index is 0.166. The molecule has 3 rings (SSSR count). The second kappa shape index (κ2) is 10.3. The van der Waals surface area contributed by atoms with Crippen molar-refractivity contribution in [1.82, 2.24) is 4.72 Å². The number of hydrogen-bond donors (Lipinski definition) is 1. The highest BCUT2D eigenvalue weighted by molar-refractivity contribution is 7.89. The van der Waals surface area contributed by atoms with E-state index in [4.69, 9.17) is 11.6 Å². The molecule has 0 atom stereocenters. The van der Waals surface area contributed by atoms with Gasteiger partial charge in [0.1, 0.15) is 0 Å². The molecule has 0 aromatic heterocycles. The number of nitrogens with one attached hydrogen (secondary N) is 1. The Morgan fingerprint density at radius 3 is 2.12 bits per heavy atom. The van der Waals surface area contributed by atoms with Crippen LogP contribution in [-0.2, 0) is 10.0 Å². The van der Waals surface area contributed by atoms with Crippen LogP contribution in [0.5, 0.6) is 0 Å². The molecule has 0 unspecified atom stereocenters. The Balaban J connectivity index is 1.72. The van der Waals surface area contributed by atoms with Crippen LogP contribution in [0.4, 0.5) is 5.69 Å². The van der Waals surface area contributed by atoms with Crippen molar-refractivity contribution in [2.75, 3.05) is 18.0 Å². The smallest absolute Gasteiger partial charge is 0.258 e. The van der Waals surface area contributed by atoms with E-state index in [1.54, 1.807) is 43.0 Å². The molecule has 0 aliphatic rings. The molecular formula is C25H27ClN2O3S. The van der Waals surface area contributed by atoms with E-state index in [2.05, 4.69) is 4.72 Å². The predicted molar refractivity (Wildman–Crippen MR) is 130 cm³/mol. The summed E-state index contributed by atoms with van der Waals surface area (Å²) in [5, 5.41) is 0.559. The number of sulfonamides is 1. The fourth-order valence-electron chi connectivity index (χ4n) is 3.81. The fraction of sp³-hybridized carbons (Fsp3) is 0.240.